The molecule has 1 saturated heterocycles. The molecule has 12 nitrogen and oxygen atoms in total. The zero-order valence-corrected chi connectivity index (χ0v) is 22.5. The molecular formula is C25H36N6O6S. The van der Waals surface area contributed by atoms with Gasteiger partial charge in [-0.05, 0) is 24.1 Å². The Balaban J connectivity index is 1.79. The Kier molecular flexibility index (Phi) is 10.4. The van der Waals surface area contributed by atoms with Crippen LogP contribution in [0.5, 0.6) is 11.5 Å². The number of amidine groups is 1. The van der Waals surface area contributed by atoms with Gasteiger partial charge in [0.25, 0.3) is 10.2 Å². The number of β-amino-alcohol motifs (C(OH)–C–C–N with tert-alkyl or cyclic N) is 1. The van der Waals surface area contributed by atoms with E-state index in [1.807, 2.05) is 4.90 Å². The molecule has 208 valence electrons. The van der Waals surface area contributed by atoms with Crippen LogP contribution in [-0.2, 0) is 28.0 Å². The molecule has 6 N–H and O–H groups in total. The third kappa shape index (κ3) is 7.88. The summed E-state index contributed by atoms with van der Waals surface area (Å²) in [5, 5.41) is 16.9. The first-order valence-electron chi connectivity index (χ1n) is 12.2. The molecule has 1 atom stereocenters. The number of methoxy groups -OCH3 is 2. The van der Waals surface area contributed by atoms with Crippen LogP contribution in [0.1, 0.15) is 16.7 Å². The summed E-state index contributed by atoms with van der Waals surface area (Å²) in [6, 6.07) is 10.9. The minimum absolute atomic E-state index is 0.0343. The highest BCUT2D eigenvalue weighted by Gasteiger charge is 2.31. The Morgan fingerprint density at radius 3 is 2.47 bits per heavy atom. The maximum Gasteiger partial charge on any atom is 0.277 e. The number of aliphatic hydroxyl groups is 1. The van der Waals surface area contributed by atoms with Gasteiger partial charge in [-0.1, -0.05) is 30.3 Å². The van der Waals surface area contributed by atoms with Gasteiger partial charge < -0.3 is 25.2 Å². The van der Waals surface area contributed by atoms with Crippen molar-refractivity contribution in [3.05, 3.63) is 59.2 Å². The number of ether oxygens (including phenoxy) is 2. The molecule has 2 aromatic carbocycles. The van der Waals surface area contributed by atoms with E-state index in [1.54, 1.807) is 47.4 Å². The molecule has 1 heterocycles. The monoisotopic (exact) mass is 548 g/mol. The van der Waals surface area contributed by atoms with Crippen LogP contribution in [0.2, 0.25) is 0 Å². The summed E-state index contributed by atoms with van der Waals surface area (Å²) in [6.45, 7) is 2.47. The Hall–Kier alpha value is -3.23. The number of carbonyl (C=O) groups excluding carboxylic acids is 1. The van der Waals surface area contributed by atoms with Gasteiger partial charge in [-0.3, -0.25) is 15.1 Å². The molecule has 13 heteroatoms. The highest BCUT2D eigenvalue weighted by atomic mass is 32.2. The normalized spacial score (nSPS) is 15.2. The number of amides is 1. The maximum atomic E-state index is 13.5. The second-order valence-electron chi connectivity index (χ2n) is 8.86. The number of nitrogens with one attached hydrogen (secondary N) is 3. The van der Waals surface area contributed by atoms with Crippen molar-refractivity contribution in [3.63, 3.8) is 0 Å². The SMILES string of the molecule is COc1cccc(CNS(=O)(=O)NC(Cc2cccc(C(=N)N)c2)C(=O)N2CCN(CCO)CC2)c1OC. The van der Waals surface area contributed by atoms with Crippen molar-refractivity contribution in [2.75, 3.05) is 53.6 Å². The lowest BCUT2D eigenvalue weighted by Gasteiger charge is -2.36. The number of benzene rings is 2. The van der Waals surface area contributed by atoms with Gasteiger partial charge in [0, 0.05) is 50.4 Å². The van der Waals surface area contributed by atoms with E-state index in [9.17, 15) is 18.3 Å². The summed E-state index contributed by atoms with van der Waals surface area (Å²) in [6.07, 6.45) is 0.0696. The zero-order chi connectivity index (χ0) is 27.7. The number of piperazine rings is 1. The van der Waals surface area contributed by atoms with Crippen LogP contribution >= 0.6 is 0 Å². The van der Waals surface area contributed by atoms with E-state index in [-0.39, 0.29) is 31.3 Å². The van der Waals surface area contributed by atoms with E-state index in [2.05, 4.69) is 9.44 Å². The molecule has 2 aromatic rings. The molecule has 1 aliphatic heterocycles. The van der Waals surface area contributed by atoms with Crippen LogP contribution < -0.4 is 24.7 Å². The standard InChI is InChI=1S/C25H36N6O6S/c1-36-22-8-4-7-20(23(22)37-2)17-28-38(34,35)29-21(16-18-5-3-6-19(15-18)24(26)27)25(33)31-11-9-30(10-12-31)13-14-32/h3-8,15,21,28-29,32H,9-14,16-17H2,1-2H3,(H3,26,27). The lowest BCUT2D eigenvalue weighted by Crippen LogP contribution is -2.56. The van der Waals surface area contributed by atoms with Gasteiger partial charge in [-0.2, -0.15) is 17.9 Å². The topological polar surface area (TPSA) is 170 Å². The number of para-hydroxylation sites is 1. The number of carbonyl (C=O) groups is 1. The van der Waals surface area contributed by atoms with Crippen molar-refractivity contribution in [1.82, 2.24) is 19.2 Å². The first-order chi connectivity index (χ1) is 18.2. The smallest absolute Gasteiger partial charge is 0.277 e. The van der Waals surface area contributed by atoms with Gasteiger partial charge in [0.2, 0.25) is 5.91 Å². The number of hydrogen-bond acceptors (Lipinski definition) is 8. The van der Waals surface area contributed by atoms with Crippen LogP contribution in [0.25, 0.3) is 0 Å². The molecule has 38 heavy (non-hydrogen) atoms. The van der Waals surface area contributed by atoms with Crippen molar-refractivity contribution >= 4 is 22.0 Å². The number of nitrogens with zero attached hydrogens (tertiary/aromatic N) is 2. The van der Waals surface area contributed by atoms with Crippen molar-refractivity contribution in [3.8, 4) is 11.5 Å². The van der Waals surface area contributed by atoms with E-state index in [4.69, 9.17) is 20.6 Å². The highest BCUT2D eigenvalue weighted by molar-refractivity contribution is 7.87. The third-order valence-electron chi connectivity index (χ3n) is 6.31. The molecule has 3 rings (SSSR count). The van der Waals surface area contributed by atoms with Gasteiger partial charge in [0.05, 0.1) is 20.8 Å². The number of nitrogen functional groups attached to an aromatic ring is 1. The lowest BCUT2D eigenvalue weighted by atomic mass is 10.0. The molecule has 1 fully saturated rings. The molecule has 1 amide bonds. The van der Waals surface area contributed by atoms with Crippen molar-refractivity contribution in [2.24, 2.45) is 5.73 Å². The molecule has 0 radical (unpaired) electrons. The summed E-state index contributed by atoms with van der Waals surface area (Å²) in [5.41, 5.74) is 7.32. The van der Waals surface area contributed by atoms with Gasteiger partial charge >= 0.3 is 0 Å². The quantitative estimate of drug-likeness (QED) is 0.167. The highest BCUT2D eigenvalue weighted by Crippen LogP contribution is 2.30. The molecule has 0 aromatic heterocycles. The Labute approximate surface area is 223 Å². The number of rotatable bonds is 13. The zero-order valence-electron chi connectivity index (χ0n) is 21.6. The minimum atomic E-state index is -4.13. The summed E-state index contributed by atoms with van der Waals surface area (Å²) in [7, 11) is -1.16. The molecule has 0 saturated carbocycles. The molecule has 0 spiro atoms. The van der Waals surface area contributed by atoms with Crippen molar-refractivity contribution in [2.45, 2.75) is 19.0 Å². The van der Waals surface area contributed by atoms with Gasteiger partial charge in [-0.15, -0.1) is 0 Å². The van der Waals surface area contributed by atoms with Gasteiger partial charge in [0.1, 0.15) is 11.9 Å². The number of aliphatic hydroxyl groups excluding tert-OH is 1. The maximum absolute atomic E-state index is 13.5. The van der Waals surface area contributed by atoms with Crippen LogP contribution in [0.15, 0.2) is 42.5 Å². The largest absolute Gasteiger partial charge is 0.493 e. The molecule has 1 aliphatic rings. The van der Waals surface area contributed by atoms with Crippen molar-refractivity contribution < 1.29 is 27.8 Å². The fourth-order valence-corrected chi connectivity index (χ4v) is 5.32. The minimum Gasteiger partial charge on any atom is -0.493 e. The summed E-state index contributed by atoms with van der Waals surface area (Å²) < 4.78 is 41.9. The van der Waals surface area contributed by atoms with Crippen LogP contribution in [0, 0.1) is 5.41 Å². The van der Waals surface area contributed by atoms with Gasteiger partial charge in [-0.25, -0.2) is 0 Å². The van der Waals surface area contributed by atoms with Crippen molar-refractivity contribution in [1.29, 1.82) is 5.41 Å². The lowest BCUT2D eigenvalue weighted by molar-refractivity contribution is -0.134. The summed E-state index contributed by atoms with van der Waals surface area (Å²) >= 11 is 0. The Bertz CT molecular complexity index is 1220. The molecule has 0 aliphatic carbocycles. The summed E-state index contributed by atoms with van der Waals surface area (Å²) in [5.74, 6) is 0.401. The fraction of sp³-hybridized carbons (Fsp3) is 0.440. The second kappa shape index (κ2) is 13.5. The van der Waals surface area contributed by atoms with E-state index in [0.717, 1.165) is 0 Å². The fourth-order valence-electron chi connectivity index (χ4n) is 4.33. The van der Waals surface area contributed by atoms with E-state index in [1.165, 1.54) is 14.2 Å². The van der Waals surface area contributed by atoms with Crippen LogP contribution in [0.3, 0.4) is 0 Å². The number of hydrogen-bond donors (Lipinski definition) is 5. The predicted octanol–water partition coefficient (Wildman–Crippen LogP) is -0.340. The average molecular weight is 549 g/mol. The molecular weight excluding hydrogens is 512 g/mol. The predicted molar refractivity (Wildman–Crippen MR) is 143 cm³/mol. The number of nitrogens with two attached hydrogens (primary N) is 1. The third-order valence-corrected chi connectivity index (χ3v) is 7.43. The molecule has 1 unspecified atom stereocenters. The van der Waals surface area contributed by atoms with E-state index in [0.29, 0.717) is 60.9 Å². The average Bonchev–Trinajstić information content (AvgIpc) is 2.91. The van der Waals surface area contributed by atoms with E-state index < -0.39 is 16.3 Å². The van der Waals surface area contributed by atoms with Gasteiger partial charge in [0.15, 0.2) is 11.5 Å². The second-order valence-corrected chi connectivity index (χ2v) is 10.4. The Morgan fingerprint density at radius 2 is 1.84 bits per heavy atom. The van der Waals surface area contributed by atoms with E-state index >= 15 is 0 Å². The van der Waals surface area contributed by atoms with Crippen LogP contribution in [-0.4, -0.2) is 94.7 Å². The first kappa shape index (κ1) is 29.3. The Morgan fingerprint density at radius 1 is 1.13 bits per heavy atom. The molecule has 0 bridgehead atoms. The van der Waals surface area contributed by atoms with Crippen LogP contribution in [0.4, 0.5) is 0 Å². The summed E-state index contributed by atoms with van der Waals surface area (Å²) in [4.78, 5) is 17.2. The first-order valence-corrected chi connectivity index (χ1v) is 13.7.